The van der Waals surface area contributed by atoms with Crippen molar-refractivity contribution in [3.63, 3.8) is 0 Å². The second kappa shape index (κ2) is 7.74. The number of benzene rings is 2. The van der Waals surface area contributed by atoms with Crippen LogP contribution in [0.4, 0.5) is 4.39 Å². The summed E-state index contributed by atoms with van der Waals surface area (Å²) >= 11 is 0. The number of hydrogen-bond donors (Lipinski definition) is 0. The minimum atomic E-state index is -0.406. The number of carbonyl (C=O) groups is 2. The minimum Gasteiger partial charge on any atom is -0.339 e. The van der Waals surface area contributed by atoms with Gasteiger partial charge >= 0.3 is 0 Å². The molecule has 2 aromatic carbocycles. The highest BCUT2D eigenvalue weighted by Crippen LogP contribution is 2.41. The van der Waals surface area contributed by atoms with Crippen LogP contribution in [0.15, 0.2) is 54.6 Å². The Kier molecular flexibility index (Phi) is 5.16. The zero-order valence-corrected chi connectivity index (χ0v) is 15.9. The Morgan fingerprint density at radius 2 is 1.61 bits per heavy atom. The molecule has 0 aromatic heterocycles. The van der Waals surface area contributed by atoms with Gasteiger partial charge in [0.15, 0.2) is 0 Å². The summed E-state index contributed by atoms with van der Waals surface area (Å²) in [6.45, 7) is 2.17. The number of piperidine rings is 2. The zero-order valence-electron chi connectivity index (χ0n) is 15.9. The number of nitrogens with zero attached hydrogens (tertiary/aromatic N) is 2. The van der Waals surface area contributed by atoms with Crippen LogP contribution in [0, 0.1) is 11.2 Å². The Labute approximate surface area is 164 Å². The number of hydrogen-bond acceptors (Lipinski definition) is 2. The van der Waals surface area contributed by atoms with E-state index >= 15 is 0 Å². The van der Waals surface area contributed by atoms with Crippen molar-refractivity contribution < 1.29 is 14.0 Å². The van der Waals surface area contributed by atoms with Crippen molar-refractivity contribution in [2.24, 2.45) is 5.41 Å². The van der Waals surface area contributed by atoms with E-state index in [-0.39, 0.29) is 17.6 Å². The third-order valence-corrected chi connectivity index (χ3v) is 6.17. The number of rotatable bonds is 3. The van der Waals surface area contributed by atoms with Gasteiger partial charge in [0.05, 0.1) is 5.41 Å². The van der Waals surface area contributed by atoms with Crippen molar-refractivity contribution in [3.05, 3.63) is 71.5 Å². The van der Waals surface area contributed by atoms with E-state index in [4.69, 9.17) is 0 Å². The van der Waals surface area contributed by atoms with Crippen molar-refractivity contribution in [2.45, 2.75) is 32.2 Å². The predicted molar refractivity (Wildman–Crippen MR) is 105 cm³/mol. The van der Waals surface area contributed by atoms with Crippen LogP contribution in [0.3, 0.4) is 0 Å². The van der Waals surface area contributed by atoms with Crippen LogP contribution >= 0.6 is 0 Å². The molecule has 0 bridgehead atoms. The first kappa shape index (κ1) is 18.7. The first-order valence-electron chi connectivity index (χ1n) is 9.96. The molecule has 0 N–H and O–H groups in total. The van der Waals surface area contributed by atoms with Crippen molar-refractivity contribution in [2.75, 3.05) is 19.6 Å². The van der Waals surface area contributed by atoms with Crippen LogP contribution in [0.25, 0.3) is 0 Å². The fourth-order valence-corrected chi connectivity index (χ4v) is 4.50. The van der Waals surface area contributed by atoms with Gasteiger partial charge in [-0.3, -0.25) is 9.59 Å². The maximum atomic E-state index is 14.0. The highest BCUT2D eigenvalue weighted by molar-refractivity contribution is 5.94. The number of halogens is 1. The van der Waals surface area contributed by atoms with E-state index in [0.29, 0.717) is 50.1 Å². The van der Waals surface area contributed by atoms with Crippen molar-refractivity contribution in [1.29, 1.82) is 0 Å². The molecule has 0 saturated carbocycles. The molecular weight excluding hydrogens is 355 g/mol. The lowest BCUT2D eigenvalue weighted by Crippen LogP contribution is -2.54. The molecule has 5 heteroatoms. The first-order valence-corrected chi connectivity index (χ1v) is 9.96. The van der Waals surface area contributed by atoms with Crippen molar-refractivity contribution >= 4 is 11.8 Å². The molecule has 28 heavy (non-hydrogen) atoms. The predicted octanol–water partition coefficient (Wildman–Crippen LogP) is 3.87. The Balaban J connectivity index is 1.43. The van der Waals surface area contributed by atoms with E-state index < -0.39 is 5.41 Å². The molecule has 4 nitrogen and oxygen atoms in total. The summed E-state index contributed by atoms with van der Waals surface area (Å²) in [5, 5.41) is 0. The molecule has 0 unspecified atom stereocenters. The van der Waals surface area contributed by atoms with Crippen LogP contribution in [-0.4, -0.2) is 41.2 Å². The number of amides is 2. The summed E-state index contributed by atoms with van der Waals surface area (Å²) < 4.78 is 14.0. The molecule has 2 aliphatic rings. The first-order chi connectivity index (χ1) is 13.6. The molecule has 146 valence electrons. The van der Waals surface area contributed by atoms with Crippen LogP contribution in [0.5, 0.6) is 0 Å². The lowest BCUT2D eigenvalue weighted by Gasteiger charge is -2.46. The summed E-state index contributed by atoms with van der Waals surface area (Å²) in [5.74, 6) is -0.117. The fraction of sp³-hybridized carbons (Fsp3) is 0.391. The third kappa shape index (κ3) is 3.53. The van der Waals surface area contributed by atoms with Crippen LogP contribution in [-0.2, 0) is 11.3 Å². The van der Waals surface area contributed by atoms with E-state index in [1.165, 1.54) is 6.07 Å². The topological polar surface area (TPSA) is 40.6 Å². The lowest BCUT2D eigenvalue weighted by atomic mass is 9.71. The Hall–Kier alpha value is -2.69. The van der Waals surface area contributed by atoms with Crippen molar-refractivity contribution in [3.8, 4) is 0 Å². The number of carbonyl (C=O) groups excluding carboxylic acids is 2. The van der Waals surface area contributed by atoms with E-state index in [2.05, 4.69) is 0 Å². The second-order valence-corrected chi connectivity index (χ2v) is 7.86. The van der Waals surface area contributed by atoms with Gasteiger partial charge in [-0.25, -0.2) is 4.39 Å². The molecule has 0 atom stereocenters. The molecule has 1 spiro atoms. The average molecular weight is 380 g/mol. The van der Waals surface area contributed by atoms with Gasteiger partial charge in [0.25, 0.3) is 5.91 Å². The fourth-order valence-electron chi connectivity index (χ4n) is 4.50. The third-order valence-electron chi connectivity index (χ3n) is 6.17. The number of likely N-dealkylation sites (tertiary alicyclic amines) is 2. The standard InChI is InChI=1S/C23H25FN2O2/c24-20-10-5-4-9-19(20)17-26-14-6-11-23(22(26)28)12-15-25(16-13-23)21(27)18-7-2-1-3-8-18/h1-5,7-10H,6,11-17H2. The molecule has 2 aliphatic heterocycles. The monoisotopic (exact) mass is 380 g/mol. The van der Waals surface area contributed by atoms with E-state index in [1.54, 1.807) is 23.1 Å². The molecule has 2 amide bonds. The molecule has 2 heterocycles. The summed E-state index contributed by atoms with van der Waals surface area (Å²) in [7, 11) is 0. The maximum absolute atomic E-state index is 14.0. The summed E-state index contributed by atoms with van der Waals surface area (Å²) in [5.41, 5.74) is 0.843. The maximum Gasteiger partial charge on any atom is 0.253 e. The summed E-state index contributed by atoms with van der Waals surface area (Å²) in [6.07, 6.45) is 3.14. The van der Waals surface area contributed by atoms with Crippen LogP contribution in [0.2, 0.25) is 0 Å². The van der Waals surface area contributed by atoms with Gasteiger partial charge in [-0.2, -0.15) is 0 Å². The van der Waals surface area contributed by atoms with Gasteiger partial charge in [-0.1, -0.05) is 36.4 Å². The second-order valence-electron chi connectivity index (χ2n) is 7.86. The van der Waals surface area contributed by atoms with Gasteiger partial charge in [-0.15, -0.1) is 0 Å². The molecule has 2 fully saturated rings. The Bertz CT molecular complexity index is 860. The SMILES string of the molecule is O=C(c1ccccc1)N1CCC2(CCCN(Cc3ccccc3F)C2=O)CC1. The quantitative estimate of drug-likeness (QED) is 0.811. The zero-order chi connectivity index (χ0) is 19.6. The summed E-state index contributed by atoms with van der Waals surface area (Å²) in [6, 6.07) is 15.9. The van der Waals surface area contributed by atoms with Gasteiger partial charge in [-0.05, 0) is 43.9 Å². The van der Waals surface area contributed by atoms with Crippen molar-refractivity contribution in [1.82, 2.24) is 9.80 Å². The molecule has 0 aliphatic carbocycles. The van der Waals surface area contributed by atoms with Gasteiger partial charge in [0, 0.05) is 37.3 Å². The van der Waals surface area contributed by atoms with Crippen LogP contribution < -0.4 is 0 Å². The molecule has 2 aromatic rings. The Morgan fingerprint density at radius 3 is 2.32 bits per heavy atom. The summed E-state index contributed by atoms with van der Waals surface area (Å²) in [4.78, 5) is 29.6. The Morgan fingerprint density at radius 1 is 0.929 bits per heavy atom. The highest BCUT2D eigenvalue weighted by atomic mass is 19.1. The highest BCUT2D eigenvalue weighted by Gasteiger charge is 2.46. The molecule has 2 saturated heterocycles. The molecule has 0 radical (unpaired) electrons. The van der Waals surface area contributed by atoms with E-state index in [1.807, 2.05) is 35.2 Å². The van der Waals surface area contributed by atoms with E-state index in [9.17, 15) is 14.0 Å². The molecule has 4 rings (SSSR count). The van der Waals surface area contributed by atoms with Gasteiger partial charge in [0.2, 0.25) is 5.91 Å². The minimum absolute atomic E-state index is 0.0296. The lowest BCUT2D eigenvalue weighted by molar-refractivity contribution is -0.150. The smallest absolute Gasteiger partial charge is 0.253 e. The molecular formula is C23H25FN2O2. The van der Waals surface area contributed by atoms with E-state index in [0.717, 1.165) is 12.8 Å². The average Bonchev–Trinajstić information content (AvgIpc) is 2.74. The largest absolute Gasteiger partial charge is 0.339 e. The van der Waals surface area contributed by atoms with Crippen LogP contribution in [0.1, 0.15) is 41.6 Å². The van der Waals surface area contributed by atoms with Gasteiger partial charge in [0.1, 0.15) is 5.82 Å². The normalized spacial score (nSPS) is 19.1. The van der Waals surface area contributed by atoms with Gasteiger partial charge < -0.3 is 9.80 Å².